The Balaban J connectivity index is 0.000000149. The van der Waals surface area contributed by atoms with Crippen LogP contribution in [0.15, 0.2) is 94.2 Å². The molecular weight excluding hydrogens is 900 g/mol. The summed E-state index contributed by atoms with van der Waals surface area (Å²) in [6, 6.07) is 16.4. The minimum atomic E-state index is -0.561. The van der Waals surface area contributed by atoms with Gasteiger partial charge >= 0.3 is 6.09 Å². The van der Waals surface area contributed by atoms with Crippen molar-refractivity contribution in [1.82, 2.24) is 39.7 Å². The zero-order valence-electron chi connectivity index (χ0n) is 36.3. The number of nitrogen functional groups attached to an aromatic ring is 4. The molecule has 0 saturated carbocycles. The zero-order chi connectivity index (χ0) is 46.7. The molecule has 21 nitrogen and oxygen atoms in total. The Morgan fingerprint density at radius 2 is 1.09 bits per heavy atom. The lowest BCUT2D eigenvalue weighted by molar-refractivity contribution is 0.0522. The smallest absolute Gasteiger partial charge is 0.435 e. The van der Waals surface area contributed by atoms with Gasteiger partial charge in [-0.25, -0.2) is 34.7 Å². The monoisotopic (exact) mass is 946 g/mol. The van der Waals surface area contributed by atoms with Gasteiger partial charge in [-0.05, 0) is 89.3 Å². The molecule has 6 heterocycles. The van der Waals surface area contributed by atoms with Gasteiger partial charge < -0.3 is 52.5 Å². The van der Waals surface area contributed by atoms with E-state index in [4.69, 9.17) is 41.9 Å². The number of aliphatic imine (C=N–C) groups is 2. The molecule has 7 aromatic rings. The third-order valence-electron chi connectivity index (χ3n) is 8.93. The van der Waals surface area contributed by atoms with Crippen LogP contribution in [0.4, 0.5) is 51.1 Å². The number of nitrogens with zero attached hydrogens (tertiary/aromatic N) is 10. The Bertz CT molecular complexity index is 2730. The normalized spacial score (nSPS) is 11.7. The number of hydrogen-bond donors (Lipinski definition) is 6. The summed E-state index contributed by atoms with van der Waals surface area (Å²) in [4.78, 5) is 43.7. The fourth-order valence-corrected chi connectivity index (χ4v) is 6.51. The number of halogens is 1. The van der Waals surface area contributed by atoms with Gasteiger partial charge in [-0.15, -0.1) is 0 Å². The number of nitrogens with one attached hydrogen (secondary N) is 2. The number of hydrogen-bond acceptors (Lipinski definition) is 20. The quantitative estimate of drug-likeness (QED) is 0.0966. The van der Waals surface area contributed by atoms with E-state index in [0.717, 1.165) is 55.0 Å². The summed E-state index contributed by atoms with van der Waals surface area (Å²) in [6.45, 7) is 6.84. The maximum absolute atomic E-state index is 12.0. The molecule has 0 atom stereocenters. The maximum atomic E-state index is 12.0. The predicted octanol–water partition coefficient (Wildman–Crippen LogP) is 6.72. The molecule has 0 bridgehead atoms. The summed E-state index contributed by atoms with van der Waals surface area (Å²) in [7, 11) is 4.84. The first-order chi connectivity index (χ1) is 31.1. The largest absolute Gasteiger partial charge is 0.495 e. The van der Waals surface area contributed by atoms with Gasteiger partial charge in [-0.3, -0.25) is 9.98 Å². The molecule has 65 heavy (non-hydrogen) atoms. The maximum Gasteiger partial charge on any atom is 0.435 e. The molecule has 22 heteroatoms. The molecule has 0 amide bonds. The van der Waals surface area contributed by atoms with Crippen LogP contribution >= 0.6 is 15.9 Å². The number of nitrogens with two attached hydrogens (primary N) is 4. The fourth-order valence-electron chi connectivity index (χ4n) is 5.99. The number of ether oxygens (including phenoxy) is 4. The first-order valence-electron chi connectivity index (χ1n) is 19.5. The number of carbonyl (C=O) groups is 1. The first kappa shape index (κ1) is 46.4. The Morgan fingerprint density at radius 3 is 1.51 bits per heavy atom. The fraction of sp³-hybridized carbons (Fsp3) is 0.209. The van der Waals surface area contributed by atoms with E-state index in [1.165, 1.54) is 29.7 Å². The van der Waals surface area contributed by atoms with Crippen LogP contribution in [0, 0.1) is 0 Å². The van der Waals surface area contributed by atoms with Crippen molar-refractivity contribution in [3.63, 3.8) is 0 Å². The summed E-state index contributed by atoms with van der Waals surface area (Å²) in [5.74, 6) is 5.02. The van der Waals surface area contributed by atoms with Crippen LogP contribution in [-0.2, 0) is 17.8 Å². The molecule has 2 aliphatic rings. The Hall–Kier alpha value is -8.14. The second-order valence-electron chi connectivity index (χ2n) is 14.8. The molecule has 0 unspecified atom stereocenters. The van der Waals surface area contributed by atoms with Crippen LogP contribution < -0.4 is 47.8 Å². The average molecular weight is 948 g/mol. The van der Waals surface area contributed by atoms with Crippen LogP contribution in [-0.4, -0.2) is 85.1 Å². The highest BCUT2D eigenvalue weighted by Gasteiger charge is 2.21. The molecule has 10 N–H and O–H groups in total. The van der Waals surface area contributed by atoms with Gasteiger partial charge in [0.2, 0.25) is 0 Å². The second kappa shape index (κ2) is 20.8. The topological polar surface area (TPSA) is 302 Å². The van der Waals surface area contributed by atoms with E-state index in [1.54, 1.807) is 45.7 Å². The number of anilines is 8. The Morgan fingerprint density at radius 1 is 0.631 bits per heavy atom. The number of aromatic nitrogens is 8. The van der Waals surface area contributed by atoms with Crippen molar-refractivity contribution >= 4 is 91.6 Å². The molecule has 0 aliphatic carbocycles. The number of carbonyl (C=O) groups excluding carboxylic acids is 1. The lowest BCUT2D eigenvalue weighted by Gasteiger charge is -2.19. The number of fused-ring (bicyclic) bond motifs is 3. The van der Waals surface area contributed by atoms with Crippen LogP contribution in [0.1, 0.15) is 43.0 Å². The lowest BCUT2D eigenvalue weighted by atomic mass is 10.1. The molecule has 3 aromatic carbocycles. The van der Waals surface area contributed by atoms with Crippen LogP contribution in [0.25, 0.3) is 10.9 Å². The molecule has 0 spiro atoms. The third-order valence-corrected chi connectivity index (χ3v) is 9.55. The van der Waals surface area contributed by atoms with E-state index < -0.39 is 11.7 Å². The number of methoxy groups -OCH3 is 3. The second-order valence-corrected chi connectivity index (χ2v) is 15.7. The SMILES string of the molecule is COc1cc2c(cc1Nc1cc(N)ncn1)C=NC2.COc1cc2c(cc1Nc1cc(N)ncn1)C=NC2.COc1cc2c(cnn2C(=O)OC(C)(C)C)cc1Br.Nc1cc(N)ncn1. The van der Waals surface area contributed by atoms with Gasteiger partial charge in [0.1, 0.15) is 76.7 Å². The van der Waals surface area contributed by atoms with Crippen LogP contribution in [0.3, 0.4) is 0 Å². The van der Waals surface area contributed by atoms with Crippen molar-refractivity contribution in [2.75, 3.05) is 54.9 Å². The molecule has 9 rings (SSSR count). The molecule has 336 valence electrons. The number of benzene rings is 3. The Kier molecular flexibility index (Phi) is 14.9. The average Bonchev–Trinajstić information content (AvgIpc) is 4.02. The molecule has 0 radical (unpaired) electrons. The summed E-state index contributed by atoms with van der Waals surface area (Å²) in [6.07, 6.45) is 8.97. The van der Waals surface area contributed by atoms with Gasteiger partial charge in [0.15, 0.2) is 0 Å². The minimum absolute atomic E-state index is 0.400. The molecule has 0 saturated heterocycles. The summed E-state index contributed by atoms with van der Waals surface area (Å²) < 4.78 is 23.3. The van der Waals surface area contributed by atoms with Crippen LogP contribution in [0.5, 0.6) is 17.2 Å². The molecule has 0 fully saturated rings. The van der Waals surface area contributed by atoms with E-state index in [0.29, 0.717) is 59.3 Å². The predicted molar refractivity (Wildman–Crippen MR) is 255 cm³/mol. The van der Waals surface area contributed by atoms with E-state index in [2.05, 4.69) is 71.6 Å². The standard InChI is InChI=1S/C13H15BrN2O3.2C13H13N5O.C4H6N4/c1-13(2,3)19-12(17)16-10-6-11(18-4)9(14)5-8(10)7-15-16;2*1-19-11-3-9-6-15-5-8(9)2-10(11)18-13-4-12(14)16-7-17-13;5-3-1-4(6)8-2-7-3/h5-7H,1-4H3;2*2-5,7H,6H2,1H3,(H3,14,16,17,18);1-2H,(H4,5,6,7,8). The van der Waals surface area contributed by atoms with Gasteiger partial charge in [0.05, 0.1) is 62.0 Å². The molecule has 4 aromatic heterocycles. The van der Waals surface area contributed by atoms with Crippen molar-refractivity contribution in [3.05, 3.63) is 107 Å². The first-order valence-corrected chi connectivity index (χ1v) is 20.3. The van der Waals surface area contributed by atoms with Crippen molar-refractivity contribution in [3.8, 4) is 17.2 Å². The van der Waals surface area contributed by atoms with E-state index in [-0.39, 0.29) is 0 Å². The van der Waals surface area contributed by atoms with Crippen molar-refractivity contribution in [2.45, 2.75) is 39.5 Å². The zero-order valence-corrected chi connectivity index (χ0v) is 37.9. The summed E-state index contributed by atoms with van der Waals surface area (Å²) in [5, 5.41) is 11.2. The summed E-state index contributed by atoms with van der Waals surface area (Å²) >= 11 is 3.39. The van der Waals surface area contributed by atoms with Gasteiger partial charge in [-0.2, -0.15) is 9.78 Å². The molecule has 2 aliphatic heterocycles. The number of rotatable bonds is 7. The van der Waals surface area contributed by atoms with Crippen molar-refractivity contribution in [2.24, 2.45) is 9.98 Å². The van der Waals surface area contributed by atoms with Crippen LogP contribution in [0.2, 0.25) is 0 Å². The summed E-state index contributed by atoms with van der Waals surface area (Å²) in [5.41, 5.74) is 27.9. The van der Waals surface area contributed by atoms with E-state index in [9.17, 15) is 4.79 Å². The van der Waals surface area contributed by atoms with Gasteiger partial charge in [0.25, 0.3) is 0 Å². The lowest BCUT2D eigenvalue weighted by Crippen LogP contribution is -2.27. The van der Waals surface area contributed by atoms with Gasteiger partial charge in [-0.1, -0.05) is 0 Å². The molecular formula is C43H47BrN16O5. The third kappa shape index (κ3) is 12.5. The van der Waals surface area contributed by atoms with Crippen molar-refractivity contribution < 1.29 is 23.7 Å². The highest BCUT2D eigenvalue weighted by atomic mass is 79.9. The van der Waals surface area contributed by atoms with Crippen molar-refractivity contribution in [1.29, 1.82) is 0 Å². The highest BCUT2D eigenvalue weighted by molar-refractivity contribution is 9.10. The highest BCUT2D eigenvalue weighted by Crippen LogP contribution is 2.34. The van der Waals surface area contributed by atoms with Gasteiger partial charge in [0, 0.05) is 42.1 Å². The Labute approximate surface area is 381 Å². The van der Waals surface area contributed by atoms with E-state index >= 15 is 0 Å². The minimum Gasteiger partial charge on any atom is -0.495 e. The van der Waals surface area contributed by atoms with E-state index in [1.807, 2.05) is 63.5 Å².